The lowest BCUT2D eigenvalue weighted by atomic mass is 9.86. The Hall–Kier alpha value is -1.24. The molecule has 0 bridgehead atoms. The van der Waals surface area contributed by atoms with Crippen LogP contribution in [0.3, 0.4) is 0 Å². The monoisotopic (exact) mass is 308 g/mol. The average molecular weight is 308 g/mol. The van der Waals surface area contributed by atoms with E-state index in [1.807, 2.05) is 18.2 Å². The second-order valence-corrected chi connectivity index (χ2v) is 7.92. The van der Waals surface area contributed by atoms with Gasteiger partial charge in [-0.05, 0) is 5.56 Å². The van der Waals surface area contributed by atoms with Crippen LogP contribution in [-0.2, 0) is 25.9 Å². The average Bonchev–Trinajstić information content (AvgIpc) is 2.82. The van der Waals surface area contributed by atoms with E-state index in [-0.39, 0.29) is 5.60 Å². The van der Waals surface area contributed by atoms with Crippen LogP contribution in [0.2, 0.25) is 0 Å². The lowest BCUT2D eigenvalue weighted by molar-refractivity contribution is -0.0512. The van der Waals surface area contributed by atoms with Gasteiger partial charge in [-0.25, -0.2) is 0 Å². The first-order chi connectivity index (χ1) is 9.97. The van der Waals surface area contributed by atoms with Crippen LogP contribution in [0.5, 0.6) is 0 Å². The van der Waals surface area contributed by atoms with Crippen molar-refractivity contribution in [2.24, 2.45) is 5.16 Å². The van der Waals surface area contributed by atoms with E-state index in [0.29, 0.717) is 25.9 Å². The standard InChI is InChI=1S/C15H20N2O3S/c1-21(18,19)17-9-7-15(8-10-17)12-14(16-20-15)11-13-5-3-2-4-6-13/h2-6H,7-12H2,1H3. The van der Waals surface area contributed by atoms with Gasteiger partial charge in [0.05, 0.1) is 5.71 Å². The minimum Gasteiger partial charge on any atom is -0.598 e. The summed E-state index contributed by atoms with van der Waals surface area (Å²) in [5.74, 6) is 0. The fourth-order valence-corrected chi connectivity index (χ4v) is 3.86. The summed E-state index contributed by atoms with van der Waals surface area (Å²) in [6.45, 7) is 1.04. The number of rotatable bonds is 3. The second kappa shape index (κ2) is 5.51. The number of piperidine rings is 1. The van der Waals surface area contributed by atoms with Crippen LogP contribution in [0.15, 0.2) is 35.5 Å². The van der Waals surface area contributed by atoms with Gasteiger partial charge in [-0.2, -0.15) is 0 Å². The maximum absolute atomic E-state index is 11.6. The van der Waals surface area contributed by atoms with Crippen molar-refractivity contribution in [3.8, 4) is 0 Å². The lowest BCUT2D eigenvalue weighted by Gasteiger charge is -2.36. The molecule has 1 aromatic rings. The van der Waals surface area contributed by atoms with Crippen molar-refractivity contribution in [1.29, 1.82) is 0 Å². The molecule has 1 aromatic carbocycles. The number of hydrogen-bond donors (Lipinski definition) is 0. The predicted octanol–water partition coefficient (Wildman–Crippen LogP) is 2.01. The highest BCUT2D eigenvalue weighted by Gasteiger charge is 2.44. The van der Waals surface area contributed by atoms with E-state index in [1.165, 1.54) is 16.1 Å². The van der Waals surface area contributed by atoms with Gasteiger partial charge < -0.3 is 9.39 Å². The molecule has 0 aromatic heterocycles. The van der Waals surface area contributed by atoms with E-state index in [4.69, 9.17) is 4.84 Å². The minimum atomic E-state index is -3.09. The van der Waals surface area contributed by atoms with Gasteiger partial charge in [0.2, 0.25) is 0 Å². The summed E-state index contributed by atoms with van der Waals surface area (Å²) < 4.78 is 24.6. The third-order valence-corrected chi connectivity index (χ3v) is 5.55. The molecule has 0 saturated carbocycles. The van der Waals surface area contributed by atoms with Gasteiger partial charge in [0, 0.05) is 38.8 Å². The zero-order valence-corrected chi connectivity index (χ0v) is 13.0. The summed E-state index contributed by atoms with van der Waals surface area (Å²) >= 11 is 0. The highest BCUT2D eigenvalue weighted by Crippen LogP contribution is 2.36. The molecule has 114 valence electrons. The van der Waals surface area contributed by atoms with Gasteiger partial charge in [-0.1, -0.05) is 39.7 Å². The summed E-state index contributed by atoms with van der Waals surface area (Å²) in [6, 6.07) is 10.2. The van der Waals surface area contributed by atoms with Crippen molar-refractivity contribution in [1.82, 2.24) is 4.31 Å². The van der Waals surface area contributed by atoms with Gasteiger partial charge in [-0.15, -0.1) is 4.31 Å². The summed E-state index contributed by atoms with van der Waals surface area (Å²) in [4.78, 5) is 5.69. The Morgan fingerprint density at radius 2 is 2.00 bits per heavy atom. The zero-order chi connectivity index (χ0) is 14.9. The molecular formula is C15H20N2O3S. The molecular weight excluding hydrogens is 288 g/mol. The summed E-state index contributed by atoms with van der Waals surface area (Å²) in [7, 11) is -3.09. The minimum absolute atomic E-state index is 0.286. The Bertz CT molecular complexity index is 574. The van der Waals surface area contributed by atoms with E-state index in [1.54, 1.807) is 0 Å². The van der Waals surface area contributed by atoms with Gasteiger partial charge in [-0.3, -0.25) is 0 Å². The van der Waals surface area contributed by atoms with Crippen molar-refractivity contribution in [2.45, 2.75) is 31.3 Å². The zero-order valence-electron chi connectivity index (χ0n) is 12.2. The number of sulfonamides is 1. The third kappa shape index (κ3) is 3.33. The molecule has 0 amide bonds. The van der Waals surface area contributed by atoms with Crippen molar-refractivity contribution >= 4 is 16.1 Å². The molecule has 6 heteroatoms. The Balaban J connectivity index is 1.58. The van der Waals surface area contributed by atoms with Crippen LogP contribution >= 0.6 is 0 Å². The van der Waals surface area contributed by atoms with Crippen LogP contribution in [0.25, 0.3) is 0 Å². The molecule has 0 radical (unpaired) electrons. The van der Waals surface area contributed by atoms with E-state index >= 15 is 0 Å². The van der Waals surface area contributed by atoms with E-state index < -0.39 is 10.4 Å². The number of oxime groups is 1. The Morgan fingerprint density at radius 1 is 1.33 bits per heavy atom. The highest BCUT2D eigenvalue weighted by molar-refractivity contribution is 7.94. The Morgan fingerprint density at radius 3 is 2.62 bits per heavy atom. The Labute approximate surface area is 126 Å². The molecule has 21 heavy (non-hydrogen) atoms. The van der Waals surface area contributed by atoms with Crippen molar-refractivity contribution in [3.63, 3.8) is 0 Å². The molecule has 2 heterocycles. The number of benzene rings is 1. The number of hydrogen-bond acceptors (Lipinski definition) is 4. The van der Waals surface area contributed by atoms with Gasteiger partial charge in [0.15, 0.2) is 0 Å². The fourth-order valence-electron chi connectivity index (χ4n) is 3.02. The van der Waals surface area contributed by atoms with Crippen LogP contribution in [0, 0.1) is 0 Å². The molecule has 1 fully saturated rings. The van der Waals surface area contributed by atoms with Crippen molar-refractivity contribution < 1.29 is 13.6 Å². The molecule has 0 aliphatic carbocycles. The normalized spacial score (nSPS) is 24.4. The molecule has 5 nitrogen and oxygen atoms in total. The summed E-state index contributed by atoms with van der Waals surface area (Å²) in [5.41, 5.74) is 1.99. The lowest BCUT2D eigenvalue weighted by Crippen LogP contribution is -2.48. The molecule has 1 atom stereocenters. The third-order valence-electron chi connectivity index (χ3n) is 4.25. The second-order valence-electron chi connectivity index (χ2n) is 5.93. The quantitative estimate of drug-likeness (QED) is 0.802. The predicted molar refractivity (Wildman–Crippen MR) is 81.6 cm³/mol. The van der Waals surface area contributed by atoms with Crippen molar-refractivity contribution in [2.75, 3.05) is 19.3 Å². The smallest absolute Gasteiger partial charge is 0.145 e. The molecule has 2 aliphatic heterocycles. The maximum atomic E-state index is 11.6. The van der Waals surface area contributed by atoms with Crippen LogP contribution in [-0.4, -0.2) is 39.5 Å². The number of nitrogens with zero attached hydrogens (tertiary/aromatic N) is 2. The largest absolute Gasteiger partial charge is 0.598 e. The molecule has 1 spiro atoms. The van der Waals surface area contributed by atoms with E-state index in [9.17, 15) is 8.76 Å². The molecule has 0 N–H and O–H groups in total. The van der Waals surface area contributed by atoms with E-state index in [2.05, 4.69) is 17.3 Å². The first-order valence-electron chi connectivity index (χ1n) is 7.20. The van der Waals surface area contributed by atoms with E-state index in [0.717, 1.165) is 18.6 Å². The van der Waals surface area contributed by atoms with Gasteiger partial charge in [0.1, 0.15) is 22.3 Å². The van der Waals surface area contributed by atoms with Gasteiger partial charge >= 0.3 is 0 Å². The first kappa shape index (κ1) is 14.7. The van der Waals surface area contributed by atoms with Gasteiger partial charge in [0.25, 0.3) is 0 Å². The maximum Gasteiger partial charge on any atom is 0.145 e. The van der Waals surface area contributed by atoms with Crippen LogP contribution < -0.4 is 0 Å². The summed E-state index contributed by atoms with van der Waals surface area (Å²) in [6.07, 6.45) is 4.29. The molecule has 2 aliphatic rings. The van der Waals surface area contributed by atoms with Crippen LogP contribution in [0.1, 0.15) is 24.8 Å². The molecule has 1 saturated heterocycles. The first-order valence-corrected chi connectivity index (χ1v) is 9.05. The SMILES string of the molecule is C[S+](=O)([O-])N1CCC2(CC1)CC(Cc1ccccc1)=NO2. The van der Waals surface area contributed by atoms with Crippen molar-refractivity contribution in [3.05, 3.63) is 35.9 Å². The van der Waals surface area contributed by atoms with Crippen LogP contribution in [0.4, 0.5) is 0 Å². The topological polar surface area (TPSA) is 65.0 Å². The summed E-state index contributed by atoms with van der Waals surface area (Å²) in [5, 5.41) is 4.24. The molecule has 1 unspecified atom stereocenters. The molecule has 3 rings (SSSR count). The fraction of sp³-hybridized carbons (Fsp3) is 0.533. The highest BCUT2D eigenvalue weighted by atomic mass is 32.3. The Kier molecular flexibility index (Phi) is 3.86.